The minimum absolute atomic E-state index is 0.0295. The Hall–Kier alpha value is -3.60. The summed E-state index contributed by atoms with van der Waals surface area (Å²) in [5.74, 6) is -1.05. The molecule has 1 aromatic heterocycles. The van der Waals surface area contributed by atoms with Crippen molar-refractivity contribution in [3.05, 3.63) is 65.9 Å². The van der Waals surface area contributed by atoms with E-state index in [-0.39, 0.29) is 11.6 Å². The molecule has 0 bridgehead atoms. The second-order valence-electron chi connectivity index (χ2n) is 4.73. The third-order valence-corrected chi connectivity index (χ3v) is 3.00. The van der Waals surface area contributed by atoms with E-state index in [9.17, 15) is 8.78 Å². The summed E-state index contributed by atoms with van der Waals surface area (Å²) in [5, 5.41) is 22.0. The number of benzene rings is 2. The smallest absolute Gasteiger partial charge is 0.249 e. The molecule has 0 saturated carbocycles. The van der Waals surface area contributed by atoms with Gasteiger partial charge < -0.3 is 10.6 Å². The van der Waals surface area contributed by atoms with Crippen molar-refractivity contribution in [1.29, 1.82) is 5.26 Å². The van der Waals surface area contributed by atoms with Gasteiger partial charge in [0.1, 0.15) is 11.6 Å². The third kappa shape index (κ3) is 3.59. The molecule has 8 heteroatoms. The molecule has 0 spiro atoms. The molecule has 1 heterocycles. The molecule has 3 rings (SSSR count). The lowest BCUT2D eigenvalue weighted by Crippen LogP contribution is -2.03. The molecule has 2 N–H and O–H groups in total. The number of nitrogens with zero attached hydrogens (tertiary/aromatic N) is 4. The molecule has 6 nitrogen and oxygen atoms in total. The van der Waals surface area contributed by atoms with E-state index in [1.807, 2.05) is 6.07 Å². The molecular weight excluding hydrogens is 314 g/mol. The Bertz CT molecular complexity index is 922. The van der Waals surface area contributed by atoms with Gasteiger partial charge >= 0.3 is 0 Å². The number of halogens is 2. The molecule has 0 aliphatic heterocycles. The maximum Gasteiger partial charge on any atom is 0.249 e. The number of nitrogens with one attached hydrogen (secondary N) is 2. The van der Waals surface area contributed by atoms with Gasteiger partial charge in [0.25, 0.3) is 0 Å². The van der Waals surface area contributed by atoms with Crippen LogP contribution in [0, 0.1) is 23.0 Å². The van der Waals surface area contributed by atoms with E-state index < -0.39 is 11.6 Å². The summed E-state index contributed by atoms with van der Waals surface area (Å²) in [5.41, 5.74) is 1.17. The average Bonchev–Trinajstić information content (AvgIpc) is 2.58. The molecule has 0 unspecified atom stereocenters. The van der Waals surface area contributed by atoms with Gasteiger partial charge in [0, 0.05) is 11.8 Å². The zero-order valence-electron chi connectivity index (χ0n) is 12.2. The van der Waals surface area contributed by atoms with E-state index in [1.54, 1.807) is 24.3 Å². The number of nitriles is 1. The fourth-order valence-corrected chi connectivity index (χ4v) is 1.94. The molecule has 0 saturated heterocycles. The maximum atomic E-state index is 13.6. The van der Waals surface area contributed by atoms with Gasteiger partial charge in [-0.2, -0.15) is 15.3 Å². The molecule has 0 radical (unpaired) electrons. The van der Waals surface area contributed by atoms with E-state index in [0.29, 0.717) is 17.1 Å². The molecule has 0 atom stereocenters. The average molecular weight is 324 g/mol. The molecule has 2 aromatic carbocycles. The second kappa shape index (κ2) is 6.66. The SMILES string of the molecule is N#Cc1cccc(Nc2cnnc(Nc3ccc(F)cc3F)n2)c1. The van der Waals surface area contributed by atoms with Gasteiger partial charge in [-0.3, -0.25) is 0 Å². The van der Waals surface area contributed by atoms with E-state index >= 15 is 0 Å². The van der Waals surface area contributed by atoms with Crippen LogP contribution in [0.15, 0.2) is 48.7 Å². The summed E-state index contributed by atoms with van der Waals surface area (Å²) >= 11 is 0. The van der Waals surface area contributed by atoms with Gasteiger partial charge in [0.15, 0.2) is 5.82 Å². The zero-order chi connectivity index (χ0) is 16.9. The molecule has 0 aliphatic carbocycles. The summed E-state index contributed by atoms with van der Waals surface area (Å²) in [6.45, 7) is 0. The van der Waals surface area contributed by atoms with Crippen LogP contribution in [0.3, 0.4) is 0 Å². The Labute approximate surface area is 135 Å². The van der Waals surface area contributed by atoms with Crippen molar-refractivity contribution in [3.63, 3.8) is 0 Å². The van der Waals surface area contributed by atoms with Crippen LogP contribution < -0.4 is 10.6 Å². The number of hydrogen-bond acceptors (Lipinski definition) is 6. The summed E-state index contributed by atoms with van der Waals surface area (Å²) in [4.78, 5) is 4.14. The fraction of sp³-hybridized carbons (Fsp3) is 0. The third-order valence-electron chi connectivity index (χ3n) is 3.00. The number of rotatable bonds is 4. The summed E-state index contributed by atoms with van der Waals surface area (Å²) in [7, 11) is 0. The summed E-state index contributed by atoms with van der Waals surface area (Å²) < 4.78 is 26.6. The topological polar surface area (TPSA) is 86.5 Å². The minimum Gasteiger partial charge on any atom is -0.339 e. The van der Waals surface area contributed by atoms with Crippen molar-refractivity contribution in [2.75, 3.05) is 10.6 Å². The van der Waals surface area contributed by atoms with E-state index in [0.717, 1.165) is 12.1 Å². The molecule has 118 valence electrons. The molecule has 3 aromatic rings. The lowest BCUT2D eigenvalue weighted by molar-refractivity contribution is 0.586. The Morgan fingerprint density at radius 2 is 1.92 bits per heavy atom. The highest BCUT2D eigenvalue weighted by Crippen LogP contribution is 2.20. The Kier molecular flexibility index (Phi) is 4.25. The van der Waals surface area contributed by atoms with E-state index in [4.69, 9.17) is 5.26 Å². The van der Waals surface area contributed by atoms with Crippen LogP contribution >= 0.6 is 0 Å². The van der Waals surface area contributed by atoms with Crippen LogP contribution in [0.1, 0.15) is 5.56 Å². The van der Waals surface area contributed by atoms with Crippen LogP contribution in [0.4, 0.5) is 31.9 Å². The van der Waals surface area contributed by atoms with Crippen LogP contribution in [0.2, 0.25) is 0 Å². The van der Waals surface area contributed by atoms with Gasteiger partial charge in [-0.15, -0.1) is 5.10 Å². The first kappa shape index (κ1) is 15.3. The lowest BCUT2D eigenvalue weighted by atomic mass is 10.2. The van der Waals surface area contributed by atoms with Gasteiger partial charge in [-0.1, -0.05) is 6.07 Å². The Morgan fingerprint density at radius 1 is 1.04 bits per heavy atom. The molecule has 24 heavy (non-hydrogen) atoms. The highest BCUT2D eigenvalue weighted by molar-refractivity contribution is 5.60. The summed E-state index contributed by atoms with van der Waals surface area (Å²) in [6, 6.07) is 12.0. The van der Waals surface area contributed by atoms with Gasteiger partial charge in [-0.25, -0.2) is 8.78 Å². The molecule has 0 aliphatic rings. The predicted octanol–water partition coefficient (Wildman–Crippen LogP) is 3.51. The van der Waals surface area contributed by atoms with Crippen molar-refractivity contribution in [3.8, 4) is 6.07 Å². The second-order valence-corrected chi connectivity index (χ2v) is 4.73. The Balaban J connectivity index is 1.80. The van der Waals surface area contributed by atoms with Crippen LogP contribution in [-0.2, 0) is 0 Å². The van der Waals surface area contributed by atoms with E-state index in [1.165, 1.54) is 12.3 Å². The largest absolute Gasteiger partial charge is 0.339 e. The zero-order valence-corrected chi connectivity index (χ0v) is 12.2. The monoisotopic (exact) mass is 324 g/mol. The van der Waals surface area contributed by atoms with Crippen LogP contribution in [0.5, 0.6) is 0 Å². The lowest BCUT2D eigenvalue weighted by Gasteiger charge is -2.08. The van der Waals surface area contributed by atoms with E-state index in [2.05, 4.69) is 25.8 Å². The molecule has 0 fully saturated rings. The van der Waals surface area contributed by atoms with Crippen molar-refractivity contribution in [2.45, 2.75) is 0 Å². The number of hydrogen-bond donors (Lipinski definition) is 2. The van der Waals surface area contributed by atoms with Crippen molar-refractivity contribution >= 4 is 23.1 Å². The summed E-state index contributed by atoms with van der Waals surface area (Å²) in [6.07, 6.45) is 1.38. The highest BCUT2D eigenvalue weighted by Gasteiger charge is 2.07. The van der Waals surface area contributed by atoms with Crippen LogP contribution in [0.25, 0.3) is 0 Å². The van der Waals surface area contributed by atoms with Gasteiger partial charge in [0.05, 0.1) is 23.5 Å². The minimum atomic E-state index is -0.765. The first-order chi connectivity index (χ1) is 11.6. The quantitative estimate of drug-likeness (QED) is 0.764. The van der Waals surface area contributed by atoms with Crippen molar-refractivity contribution in [1.82, 2.24) is 15.2 Å². The number of anilines is 4. The van der Waals surface area contributed by atoms with Crippen LogP contribution in [-0.4, -0.2) is 15.2 Å². The van der Waals surface area contributed by atoms with Gasteiger partial charge in [0.2, 0.25) is 5.95 Å². The molecular formula is C16H10F2N6. The standard InChI is InChI=1S/C16H10F2N6/c17-11-4-5-14(13(18)7-11)22-16-23-15(9-20-24-16)21-12-3-1-2-10(6-12)8-19/h1-7,9H,(H2,21,22,23,24). The fourth-order valence-electron chi connectivity index (χ4n) is 1.94. The number of aromatic nitrogens is 3. The maximum absolute atomic E-state index is 13.6. The van der Waals surface area contributed by atoms with Crippen molar-refractivity contribution < 1.29 is 8.78 Å². The first-order valence-electron chi connectivity index (χ1n) is 6.83. The predicted molar refractivity (Wildman–Crippen MR) is 83.9 cm³/mol. The molecule has 0 amide bonds. The van der Waals surface area contributed by atoms with Gasteiger partial charge in [-0.05, 0) is 30.3 Å². The first-order valence-corrected chi connectivity index (χ1v) is 6.83. The highest BCUT2D eigenvalue weighted by atomic mass is 19.1. The normalized spacial score (nSPS) is 10.0. The van der Waals surface area contributed by atoms with Crippen molar-refractivity contribution in [2.24, 2.45) is 0 Å². The Morgan fingerprint density at radius 3 is 2.71 bits per heavy atom.